The van der Waals surface area contributed by atoms with Crippen molar-refractivity contribution in [1.82, 2.24) is 10.6 Å². The summed E-state index contributed by atoms with van der Waals surface area (Å²) in [6, 6.07) is 5.30. The Balaban J connectivity index is 1.70. The van der Waals surface area contributed by atoms with Crippen LogP contribution in [-0.4, -0.2) is 67.9 Å². The molecule has 3 N–H and O–H groups in total. The van der Waals surface area contributed by atoms with Crippen LogP contribution < -0.4 is 20.3 Å². The molecular formula is C23H33N3O6. The van der Waals surface area contributed by atoms with Crippen LogP contribution in [0.5, 0.6) is 5.75 Å². The number of ether oxygens (including phenoxy) is 2. The second-order valence-corrected chi connectivity index (χ2v) is 8.25. The van der Waals surface area contributed by atoms with Gasteiger partial charge < -0.3 is 19.9 Å². The molecule has 32 heavy (non-hydrogen) atoms. The zero-order valence-electron chi connectivity index (χ0n) is 18.5. The zero-order chi connectivity index (χ0) is 22.9. The summed E-state index contributed by atoms with van der Waals surface area (Å²) in [5.41, 5.74) is 0.405. The third-order valence-corrected chi connectivity index (χ3v) is 5.96. The summed E-state index contributed by atoms with van der Waals surface area (Å²) in [5, 5.41) is 15.8. The second-order valence-electron chi connectivity index (χ2n) is 8.25. The molecule has 9 nitrogen and oxygen atoms in total. The number of carbonyl (C=O) groups excluding carboxylic acids is 2. The summed E-state index contributed by atoms with van der Waals surface area (Å²) in [6.07, 6.45) is 4.66. The molecule has 0 aromatic heterocycles. The minimum atomic E-state index is -1.13. The summed E-state index contributed by atoms with van der Waals surface area (Å²) in [4.78, 5) is 38.5. The fraction of sp³-hybridized carbons (Fsp3) is 0.609. The molecule has 1 aromatic carbocycles. The molecule has 2 atom stereocenters. The van der Waals surface area contributed by atoms with Crippen molar-refractivity contribution in [2.45, 2.75) is 51.1 Å². The Morgan fingerprint density at radius 1 is 1.31 bits per heavy atom. The molecule has 2 heterocycles. The largest absolute Gasteiger partial charge is 0.489 e. The van der Waals surface area contributed by atoms with E-state index in [1.165, 1.54) is 4.90 Å². The van der Waals surface area contributed by atoms with E-state index in [0.29, 0.717) is 23.8 Å². The highest BCUT2D eigenvalue weighted by molar-refractivity contribution is 6.02. The number of rotatable bonds is 10. The Bertz CT molecular complexity index is 796. The van der Waals surface area contributed by atoms with Crippen molar-refractivity contribution in [1.29, 1.82) is 0 Å². The van der Waals surface area contributed by atoms with E-state index in [1.54, 1.807) is 31.2 Å². The topological polar surface area (TPSA) is 117 Å². The highest BCUT2D eigenvalue weighted by Crippen LogP contribution is 2.31. The maximum atomic E-state index is 13.2. The van der Waals surface area contributed by atoms with Gasteiger partial charge in [-0.15, -0.1) is 0 Å². The van der Waals surface area contributed by atoms with Crippen LogP contribution in [0.3, 0.4) is 0 Å². The summed E-state index contributed by atoms with van der Waals surface area (Å²) in [6.45, 7) is 3.55. The van der Waals surface area contributed by atoms with Crippen LogP contribution in [0, 0.1) is 5.92 Å². The lowest BCUT2D eigenvalue weighted by Gasteiger charge is -2.27. The summed E-state index contributed by atoms with van der Waals surface area (Å²) in [5.74, 6) is -0.896. The molecular weight excluding hydrogens is 414 g/mol. The van der Waals surface area contributed by atoms with E-state index < -0.39 is 36.5 Å². The monoisotopic (exact) mass is 447 g/mol. The minimum Gasteiger partial charge on any atom is -0.489 e. The minimum absolute atomic E-state index is 0.00380. The molecule has 0 unspecified atom stereocenters. The van der Waals surface area contributed by atoms with Crippen LogP contribution in [0.1, 0.15) is 39.0 Å². The number of benzene rings is 1. The van der Waals surface area contributed by atoms with Crippen molar-refractivity contribution in [3.8, 4) is 5.75 Å². The fourth-order valence-electron chi connectivity index (χ4n) is 4.31. The number of hydrogen-bond acceptors (Lipinski definition) is 7. The summed E-state index contributed by atoms with van der Waals surface area (Å²) < 4.78 is 11.0. The van der Waals surface area contributed by atoms with Crippen molar-refractivity contribution < 1.29 is 29.0 Å². The van der Waals surface area contributed by atoms with Crippen molar-refractivity contribution in [3.05, 3.63) is 24.3 Å². The Hall–Kier alpha value is -2.65. The number of fused-ring (bicyclic) bond motifs is 1. The molecule has 1 aromatic rings. The molecule has 1 amide bonds. The highest BCUT2D eigenvalue weighted by atomic mass is 16.5. The van der Waals surface area contributed by atoms with Crippen LogP contribution in [-0.2, 0) is 19.1 Å². The maximum Gasteiger partial charge on any atom is 0.323 e. The lowest BCUT2D eigenvalue weighted by Crippen LogP contribution is -2.54. The number of anilines is 1. The van der Waals surface area contributed by atoms with Crippen molar-refractivity contribution in [3.63, 3.8) is 0 Å². The molecule has 2 aliphatic rings. The average Bonchev–Trinajstić information content (AvgIpc) is 2.91. The normalized spacial score (nSPS) is 20.1. The van der Waals surface area contributed by atoms with Crippen LogP contribution in [0.4, 0.5) is 5.69 Å². The molecule has 2 aliphatic heterocycles. The number of aliphatic carboxylic acids is 1. The summed E-state index contributed by atoms with van der Waals surface area (Å²) >= 11 is 0. The van der Waals surface area contributed by atoms with Gasteiger partial charge >= 0.3 is 11.9 Å². The maximum absolute atomic E-state index is 13.2. The third-order valence-electron chi connectivity index (χ3n) is 5.96. The molecule has 3 rings (SSSR count). The number of esters is 1. The molecule has 176 valence electrons. The van der Waals surface area contributed by atoms with Crippen molar-refractivity contribution >= 4 is 23.5 Å². The van der Waals surface area contributed by atoms with E-state index in [1.807, 2.05) is 0 Å². The van der Waals surface area contributed by atoms with Gasteiger partial charge in [-0.1, -0.05) is 25.0 Å². The molecule has 9 heteroatoms. The van der Waals surface area contributed by atoms with Gasteiger partial charge in [-0.3, -0.25) is 24.6 Å². The first-order chi connectivity index (χ1) is 15.5. The number of amides is 1. The number of piperidine rings is 1. The van der Waals surface area contributed by atoms with Gasteiger partial charge in [0.1, 0.15) is 31.0 Å². The van der Waals surface area contributed by atoms with Gasteiger partial charge in [0.2, 0.25) is 5.91 Å². The van der Waals surface area contributed by atoms with E-state index >= 15 is 0 Å². The van der Waals surface area contributed by atoms with E-state index in [-0.39, 0.29) is 13.2 Å². The molecule has 1 fully saturated rings. The zero-order valence-corrected chi connectivity index (χ0v) is 18.5. The van der Waals surface area contributed by atoms with Crippen molar-refractivity contribution in [2.24, 2.45) is 5.92 Å². The lowest BCUT2D eigenvalue weighted by atomic mass is 9.91. The predicted octanol–water partition coefficient (Wildman–Crippen LogP) is 1.56. The lowest BCUT2D eigenvalue weighted by molar-refractivity contribution is -0.146. The average molecular weight is 448 g/mol. The number of carbonyl (C=O) groups is 3. The van der Waals surface area contributed by atoms with Gasteiger partial charge in [-0.25, -0.2) is 0 Å². The molecule has 0 aliphatic carbocycles. The van der Waals surface area contributed by atoms with Gasteiger partial charge in [0, 0.05) is 0 Å². The molecule has 0 radical (unpaired) electrons. The first-order valence-corrected chi connectivity index (χ1v) is 11.4. The smallest absolute Gasteiger partial charge is 0.323 e. The summed E-state index contributed by atoms with van der Waals surface area (Å²) in [7, 11) is 0. The number of nitrogens with one attached hydrogen (secondary N) is 2. The quantitative estimate of drug-likeness (QED) is 0.463. The molecule has 1 saturated heterocycles. The van der Waals surface area contributed by atoms with Crippen LogP contribution >= 0.6 is 0 Å². The van der Waals surface area contributed by atoms with Gasteiger partial charge in [-0.05, 0) is 57.3 Å². The van der Waals surface area contributed by atoms with Gasteiger partial charge in [0.15, 0.2) is 0 Å². The Morgan fingerprint density at radius 3 is 2.78 bits per heavy atom. The van der Waals surface area contributed by atoms with Crippen LogP contribution in [0.15, 0.2) is 24.3 Å². The van der Waals surface area contributed by atoms with Gasteiger partial charge in [-0.2, -0.15) is 0 Å². The molecule has 0 spiro atoms. The SMILES string of the molecule is CCOC(=O)[C@H](CCCC1CCNCC1)N[C@H]1COc2ccccc2N(CC(=O)O)C1=O. The predicted molar refractivity (Wildman–Crippen MR) is 119 cm³/mol. The number of carboxylic acid groups (broad SMARTS) is 1. The van der Waals surface area contributed by atoms with E-state index in [4.69, 9.17) is 9.47 Å². The van der Waals surface area contributed by atoms with E-state index in [9.17, 15) is 19.5 Å². The van der Waals surface area contributed by atoms with Crippen molar-refractivity contribution in [2.75, 3.05) is 37.7 Å². The Kier molecular flexibility index (Phi) is 8.87. The fourth-order valence-corrected chi connectivity index (χ4v) is 4.31. The van der Waals surface area contributed by atoms with Gasteiger partial charge in [0.25, 0.3) is 0 Å². The number of nitrogens with zero attached hydrogens (tertiary/aromatic N) is 1. The number of para-hydroxylation sites is 2. The molecule has 0 bridgehead atoms. The Morgan fingerprint density at radius 2 is 2.06 bits per heavy atom. The van der Waals surface area contributed by atoms with E-state index in [0.717, 1.165) is 38.8 Å². The van der Waals surface area contributed by atoms with Crippen LogP contribution in [0.2, 0.25) is 0 Å². The molecule has 0 saturated carbocycles. The third kappa shape index (κ3) is 6.43. The number of hydrogen-bond donors (Lipinski definition) is 3. The highest BCUT2D eigenvalue weighted by Gasteiger charge is 2.35. The van der Waals surface area contributed by atoms with E-state index in [2.05, 4.69) is 10.6 Å². The standard InChI is InChI=1S/C23H33N3O6/c1-2-31-23(30)17(7-5-6-16-10-12-24-13-11-16)25-18-15-32-20-9-4-3-8-19(20)26(22(18)29)14-21(27)28/h3-4,8-9,16-18,24-25H,2,5-7,10-15H2,1H3,(H,27,28)/t17-,18-/m0/s1. The second kappa shape index (κ2) is 11.8. The van der Waals surface area contributed by atoms with Crippen LogP contribution in [0.25, 0.3) is 0 Å². The first-order valence-electron chi connectivity index (χ1n) is 11.4. The number of carboxylic acids is 1. The van der Waals surface area contributed by atoms with Gasteiger partial charge in [0.05, 0.1) is 12.3 Å². The Labute approximate surface area is 188 Å². The first kappa shape index (κ1) is 24.0.